The maximum atomic E-state index is 13.1. The molecule has 0 aromatic heterocycles. The summed E-state index contributed by atoms with van der Waals surface area (Å²) >= 11 is 0. The van der Waals surface area contributed by atoms with E-state index < -0.39 is 23.8 Å². The number of amides is 4. The van der Waals surface area contributed by atoms with Crippen LogP contribution in [0.15, 0.2) is 18.2 Å². The third kappa shape index (κ3) is 3.47. The minimum absolute atomic E-state index is 0.0214. The largest absolute Gasteiger partial charge is 0.330 e. The van der Waals surface area contributed by atoms with Crippen molar-refractivity contribution >= 4 is 23.6 Å². The van der Waals surface area contributed by atoms with Gasteiger partial charge in [-0.2, -0.15) is 0 Å². The monoisotopic (exact) mass is 398 g/mol. The molecule has 1 atom stereocenters. The minimum atomic E-state index is -0.945. The zero-order valence-corrected chi connectivity index (χ0v) is 16.3. The molecule has 1 aromatic rings. The smallest absolute Gasteiger partial charge is 0.262 e. The number of nitrogens with one attached hydrogen (secondary N) is 2. The highest BCUT2D eigenvalue weighted by Crippen LogP contribution is 2.34. The Morgan fingerprint density at radius 2 is 1.90 bits per heavy atom. The van der Waals surface area contributed by atoms with Crippen LogP contribution in [0.25, 0.3) is 0 Å². The summed E-state index contributed by atoms with van der Waals surface area (Å²) in [5.74, 6) is -1.91. The molecule has 4 rings (SSSR count). The van der Waals surface area contributed by atoms with E-state index in [0.717, 1.165) is 42.6 Å². The molecule has 4 amide bonds. The van der Waals surface area contributed by atoms with E-state index in [4.69, 9.17) is 5.73 Å². The lowest BCUT2D eigenvalue weighted by Crippen LogP contribution is -2.54. The van der Waals surface area contributed by atoms with Crippen molar-refractivity contribution in [3.63, 3.8) is 0 Å². The fraction of sp³-hybridized carbons (Fsp3) is 0.524. The van der Waals surface area contributed by atoms with E-state index in [-0.39, 0.29) is 24.3 Å². The van der Waals surface area contributed by atoms with Crippen LogP contribution in [0.1, 0.15) is 71.2 Å². The van der Waals surface area contributed by atoms with Crippen LogP contribution in [0.2, 0.25) is 0 Å². The van der Waals surface area contributed by atoms with Crippen molar-refractivity contribution in [1.82, 2.24) is 15.5 Å². The molecule has 1 saturated heterocycles. The van der Waals surface area contributed by atoms with E-state index in [1.807, 2.05) is 6.07 Å². The number of imide groups is 2. The Hall–Kier alpha value is -2.58. The molecule has 0 bridgehead atoms. The third-order valence-electron chi connectivity index (χ3n) is 6.39. The summed E-state index contributed by atoms with van der Waals surface area (Å²) in [7, 11) is 0. The highest BCUT2D eigenvalue weighted by Gasteiger charge is 2.45. The van der Waals surface area contributed by atoms with Crippen molar-refractivity contribution in [3.8, 4) is 0 Å². The van der Waals surface area contributed by atoms with Gasteiger partial charge in [0.1, 0.15) is 6.04 Å². The SMILES string of the molecule is NCCC1(NCc2cccc3c2C(=O)N(C2CCC(=O)NC2=O)C3=O)CCCC1. The number of benzene rings is 1. The number of carbonyl (C=O) groups excluding carboxylic acids is 4. The van der Waals surface area contributed by atoms with E-state index in [1.165, 1.54) is 0 Å². The molecule has 8 heteroatoms. The Bertz CT molecular complexity index is 875. The Kier molecular flexibility index (Phi) is 5.23. The molecular weight excluding hydrogens is 372 g/mol. The lowest BCUT2D eigenvalue weighted by Gasteiger charge is -2.30. The maximum Gasteiger partial charge on any atom is 0.262 e. The van der Waals surface area contributed by atoms with Gasteiger partial charge >= 0.3 is 0 Å². The van der Waals surface area contributed by atoms with Crippen LogP contribution in [0.3, 0.4) is 0 Å². The van der Waals surface area contributed by atoms with Gasteiger partial charge in [-0.05, 0) is 43.9 Å². The first kappa shape index (κ1) is 19.7. The Morgan fingerprint density at radius 3 is 2.59 bits per heavy atom. The zero-order chi connectivity index (χ0) is 20.6. The Balaban J connectivity index is 1.58. The predicted molar refractivity (Wildman–Crippen MR) is 105 cm³/mol. The number of nitrogens with zero attached hydrogens (tertiary/aromatic N) is 1. The average Bonchev–Trinajstić information content (AvgIpc) is 3.25. The lowest BCUT2D eigenvalue weighted by atomic mass is 9.92. The van der Waals surface area contributed by atoms with Gasteiger partial charge in [0, 0.05) is 18.5 Å². The Morgan fingerprint density at radius 1 is 1.14 bits per heavy atom. The highest BCUT2D eigenvalue weighted by molar-refractivity contribution is 6.24. The van der Waals surface area contributed by atoms with Crippen LogP contribution in [0.4, 0.5) is 0 Å². The molecule has 2 fully saturated rings. The van der Waals surface area contributed by atoms with E-state index in [1.54, 1.807) is 12.1 Å². The second-order valence-corrected chi connectivity index (χ2v) is 8.17. The number of piperidine rings is 1. The minimum Gasteiger partial charge on any atom is -0.330 e. The number of hydrogen-bond donors (Lipinski definition) is 3. The molecule has 1 aromatic carbocycles. The molecule has 1 aliphatic carbocycles. The average molecular weight is 398 g/mol. The molecule has 1 saturated carbocycles. The van der Waals surface area contributed by atoms with Gasteiger partial charge in [0.2, 0.25) is 11.8 Å². The van der Waals surface area contributed by atoms with E-state index in [9.17, 15) is 19.2 Å². The molecular formula is C21H26N4O4. The molecule has 3 aliphatic rings. The van der Waals surface area contributed by atoms with Gasteiger partial charge in [-0.25, -0.2) is 0 Å². The van der Waals surface area contributed by atoms with Crippen molar-refractivity contribution in [3.05, 3.63) is 34.9 Å². The first-order valence-corrected chi connectivity index (χ1v) is 10.2. The predicted octanol–water partition coefficient (Wildman–Crippen LogP) is 0.839. The number of rotatable bonds is 6. The standard InChI is InChI=1S/C21H26N4O4/c22-11-10-21(8-1-2-9-21)23-12-13-4-3-5-14-17(13)20(29)25(19(14)28)15-6-7-16(26)24-18(15)27/h3-5,15,23H,1-2,6-12,22H2,(H,24,26,27). The fourth-order valence-corrected chi connectivity index (χ4v) is 4.86. The summed E-state index contributed by atoms with van der Waals surface area (Å²) in [4.78, 5) is 50.7. The number of hydrogen-bond acceptors (Lipinski definition) is 6. The highest BCUT2D eigenvalue weighted by atomic mass is 16.2. The van der Waals surface area contributed by atoms with Crippen molar-refractivity contribution in [2.45, 2.75) is 63.1 Å². The topological polar surface area (TPSA) is 122 Å². The van der Waals surface area contributed by atoms with Crippen molar-refractivity contribution < 1.29 is 19.2 Å². The van der Waals surface area contributed by atoms with Crippen LogP contribution >= 0.6 is 0 Å². The normalized spacial score (nSPS) is 23.5. The van der Waals surface area contributed by atoms with E-state index >= 15 is 0 Å². The quantitative estimate of drug-likeness (QED) is 0.611. The van der Waals surface area contributed by atoms with E-state index in [2.05, 4.69) is 10.6 Å². The summed E-state index contributed by atoms with van der Waals surface area (Å²) in [6, 6.07) is 4.28. The van der Waals surface area contributed by atoms with Gasteiger partial charge in [-0.1, -0.05) is 25.0 Å². The summed E-state index contributed by atoms with van der Waals surface area (Å²) < 4.78 is 0. The number of carbonyl (C=O) groups is 4. The van der Waals surface area contributed by atoms with Crippen LogP contribution in [0, 0.1) is 0 Å². The molecule has 29 heavy (non-hydrogen) atoms. The summed E-state index contributed by atoms with van der Waals surface area (Å²) in [5, 5.41) is 5.82. The summed E-state index contributed by atoms with van der Waals surface area (Å²) in [6.45, 7) is 1.06. The molecule has 8 nitrogen and oxygen atoms in total. The van der Waals surface area contributed by atoms with Gasteiger partial charge in [-0.15, -0.1) is 0 Å². The molecule has 2 aliphatic heterocycles. The zero-order valence-electron chi connectivity index (χ0n) is 16.3. The molecule has 2 heterocycles. The number of fused-ring (bicyclic) bond motifs is 1. The van der Waals surface area contributed by atoms with Crippen LogP contribution in [-0.2, 0) is 16.1 Å². The van der Waals surface area contributed by atoms with Gasteiger partial charge < -0.3 is 11.1 Å². The van der Waals surface area contributed by atoms with Gasteiger partial charge in [0.15, 0.2) is 0 Å². The van der Waals surface area contributed by atoms with E-state index in [0.29, 0.717) is 24.2 Å². The van der Waals surface area contributed by atoms with Gasteiger partial charge in [0.05, 0.1) is 11.1 Å². The van der Waals surface area contributed by atoms with Crippen LogP contribution in [-0.4, -0.2) is 46.7 Å². The first-order chi connectivity index (χ1) is 14.0. The van der Waals surface area contributed by atoms with Gasteiger partial charge in [-0.3, -0.25) is 29.4 Å². The van der Waals surface area contributed by atoms with Crippen LogP contribution in [0.5, 0.6) is 0 Å². The third-order valence-corrected chi connectivity index (χ3v) is 6.39. The lowest BCUT2D eigenvalue weighted by molar-refractivity contribution is -0.136. The molecule has 1 unspecified atom stereocenters. The summed E-state index contributed by atoms with van der Waals surface area (Å²) in [5.41, 5.74) is 7.21. The van der Waals surface area contributed by atoms with Crippen LogP contribution < -0.4 is 16.4 Å². The molecule has 154 valence electrons. The molecule has 0 spiro atoms. The second kappa shape index (κ2) is 7.68. The molecule has 4 N–H and O–H groups in total. The molecule has 0 radical (unpaired) electrons. The van der Waals surface area contributed by atoms with Gasteiger partial charge in [0.25, 0.3) is 11.8 Å². The van der Waals surface area contributed by atoms with Crippen molar-refractivity contribution in [2.75, 3.05) is 6.54 Å². The fourth-order valence-electron chi connectivity index (χ4n) is 4.86. The number of nitrogens with two attached hydrogens (primary N) is 1. The van der Waals surface area contributed by atoms with Crippen molar-refractivity contribution in [1.29, 1.82) is 0 Å². The first-order valence-electron chi connectivity index (χ1n) is 10.2. The Labute approximate surface area is 169 Å². The maximum absolute atomic E-state index is 13.1. The summed E-state index contributed by atoms with van der Waals surface area (Å²) in [6.07, 6.45) is 5.55. The second-order valence-electron chi connectivity index (χ2n) is 8.17. The van der Waals surface area contributed by atoms with Crippen molar-refractivity contribution in [2.24, 2.45) is 5.73 Å².